The number of hydrogen-bond donors (Lipinski definition) is 2. The van der Waals surface area contributed by atoms with Crippen LogP contribution < -0.4 is 15.4 Å². The molecule has 4 rings (SSSR count). The van der Waals surface area contributed by atoms with E-state index in [0.717, 1.165) is 17.0 Å². The minimum atomic E-state index is -0.730. The van der Waals surface area contributed by atoms with Crippen molar-refractivity contribution in [3.8, 4) is 22.7 Å². The molecule has 1 aliphatic rings. The van der Waals surface area contributed by atoms with Gasteiger partial charge in [0.05, 0.1) is 35.7 Å². The number of nitrogens with one attached hydrogen (secondary N) is 2. The molecule has 34 heavy (non-hydrogen) atoms. The van der Waals surface area contributed by atoms with Crippen LogP contribution in [0.1, 0.15) is 39.3 Å². The summed E-state index contributed by atoms with van der Waals surface area (Å²) in [6.07, 6.45) is 1.90. The Balaban J connectivity index is 1.85. The summed E-state index contributed by atoms with van der Waals surface area (Å²) in [7, 11) is 0. The van der Waals surface area contributed by atoms with Crippen LogP contribution in [0.15, 0.2) is 72.1 Å². The predicted octanol–water partition coefficient (Wildman–Crippen LogP) is 4.52. The molecule has 0 saturated carbocycles. The number of rotatable bonds is 7. The molecule has 0 saturated heterocycles. The van der Waals surface area contributed by atoms with Gasteiger partial charge in [-0.2, -0.15) is 5.10 Å². The summed E-state index contributed by atoms with van der Waals surface area (Å²) in [6.45, 7) is 7.61. The van der Waals surface area contributed by atoms with Crippen molar-refractivity contribution in [1.29, 1.82) is 0 Å². The molecule has 0 fully saturated rings. The van der Waals surface area contributed by atoms with E-state index >= 15 is 0 Å². The standard InChI is InChI=1S/C26H28N4O4/c1-5-33-25(31)22-17(4)27-26(32)28-24(22)21-15-30(19-9-7-6-8-10-19)29-23(21)18-11-13-20(14-12-18)34-16(2)3/h6-16,24H,5H2,1-4H3,(H2,27,28,32)/t24-/m0/s1. The van der Waals surface area contributed by atoms with Gasteiger partial charge in [-0.05, 0) is 64.1 Å². The highest BCUT2D eigenvalue weighted by atomic mass is 16.5. The normalized spacial score (nSPS) is 15.7. The maximum Gasteiger partial charge on any atom is 0.338 e. The quantitative estimate of drug-likeness (QED) is 0.506. The molecule has 8 heteroatoms. The van der Waals surface area contributed by atoms with E-state index < -0.39 is 18.0 Å². The number of hydrogen-bond acceptors (Lipinski definition) is 5. The zero-order valence-corrected chi connectivity index (χ0v) is 19.7. The molecule has 2 amide bonds. The Morgan fingerprint density at radius 2 is 1.82 bits per heavy atom. The van der Waals surface area contributed by atoms with Gasteiger partial charge in [-0.15, -0.1) is 0 Å². The largest absolute Gasteiger partial charge is 0.491 e. The smallest absolute Gasteiger partial charge is 0.338 e. The van der Waals surface area contributed by atoms with Gasteiger partial charge in [0.1, 0.15) is 5.75 Å². The molecule has 8 nitrogen and oxygen atoms in total. The molecule has 1 atom stereocenters. The van der Waals surface area contributed by atoms with Crippen LogP contribution in [0.3, 0.4) is 0 Å². The summed E-state index contributed by atoms with van der Waals surface area (Å²) in [5.41, 5.74) is 3.80. The second kappa shape index (κ2) is 9.82. The van der Waals surface area contributed by atoms with Gasteiger partial charge in [0, 0.05) is 23.0 Å². The highest BCUT2D eigenvalue weighted by Gasteiger charge is 2.35. The monoisotopic (exact) mass is 460 g/mol. The van der Waals surface area contributed by atoms with E-state index in [4.69, 9.17) is 14.6 Å². The third-order valence-electron chi connectivity index (χ3n) is 5.34. The number of amides is 2. The molecular formula is C26H28N4O4. The van der Waals surface area contributed by atoms with Crippen molar-refractivity contribution in [1.82, 2.24) is 20.4 Å². The van der Waals surface area contributed by atoms with E-state index in [1.807, 2.05) is 74.6 Å². The summed E-state index contributed by atoms with van der Waals surface area (Å²) < 4.78 is 12.8. The molecule has 0 aliphatic carbocycles. The van der Waals surface area contributed by atoms with Gasteiger partial charge in [-0.3, -0.25) is 0 Å². The minimum Gasteiger partial charge on any atom is -0.491 e. The maximum atomic E-state index is 12.9. The molecule has 0 bridgehead atoms. The summed E-state index contributed by atoms with van der Waals surface area (Å²) >= 11 is 0. The lowest BCUT2D eigenvalue weighted by Gasteiger charge is -2.27. The van der Waals surface area contributed by atoms with Gasteiger partial charge < -0.3 is 20.1 Å². The third-order valence-corrected chi connectivity index (χ3v) is 5.34. The van der Waals surface area contributed by atoms with E-state index in [9.17, 15) is 9.59 Å². The van der Waals surface area contributed by atoms with Crippen LogP contribution in [0.25, 0.3) is 16.9 Å². The molecule has 2 heterocycles. The van der Waals surface area contributed by atoms with E-state index in [1.54, 1.807) is 18.5 Å². The van der Waals surface area contributed by atoms with Crippen LogP contribution >= 0.6 is 0 Å². The number of esters is 1. The second-order valence-corrected chi connectivity index (χ2v) is 8.19. The Kier molecular flexibility index (Phi) is 6.67. The zero-order chi connectivity index (χ0) is 24.2. The van der Waals surface area contributed by atoms with Crippen LogP contribution in [0.2, 0.25) is 0 Å². The first-order valence-corrected chi connectivity index (χ1v) is 11.2. The fraction of sp³-hybridized carbons (Fsp3) is 0.269. The number of aromatic nitrogens is 2. The first-order valence-electron chi connectivity index (χ1n) is 11.2. The van der Waals surface area contributed by atoms with Crippen LogP contribution in [0.4, 0.5) is 4.79 Å². The number of allylic oxidation sites excluding steroid dienone is 1. The number of para-hydroxylation sites is 1. The number of nitrogens with zero attached hydrogens (tertiary/aromatic N) is 2. The zero-order valence-electron chi connectivity index (χ0n) is 19.7. The van der Waals surface area contributed by atoms with Crippen molar-refractivity contribution in [2.45, 2.75) is 39.8 Å². The van der Waals surface area contributed by atoms with Gasteiger partial charge in [-0.25, -0.2) is 14.3 Å². The molecule has 0 unspecified atom stereocenters. The number of urea groups is 1. The lowest BCUT2D eigenvalue weighted by atomic mass is 9.94. The predicted molar refractivity (Wildman–Crippen MR) is 129 cm³/mol. The van der Waals surface area contributed by atoms with Gasteiger partial charge in [0.25, 0.3) is 0 Å². The van der Waals surface area contributed by atoms with Gasteiger partial charge in [0.2, 0.25) is 0 Å². The molecule has 0 radical (unpaired) electrons. The van der Waals surface area contributed by atoms with E-state index in [0.29, 0.717) is 22.5 Å². The number of ether oxygens (including phenoxy) is 2. The molecule has 176 valence electrons. The fourth-order valence-corrected chi connectivity index (χ4v) is 3.91. The highest BCUT2D eigenvalue weighted by Crippen LogP contribution is 2.35. The summed E-state index contributed by atoms with van der Waals surface area (Å²) in [6, 6.07) is 16.1. The summed E-state index contributed by atoms with van der Waals surface area (Å²) in [5.74, 6) is 0.262. The number of benzene rings is 2. The molecule has 3 aromatic rings. The van der Waals surface area contributed by atoms with Crippen molar-refractivity contribution in [2.24, 2.45) is 0 Å². The average Bonchev–Trinajstić information content (AvgIpc) is 3.25. The Morgan fingerprint density at radius 3 is 2.47 bits per heavy atom. The van der Waals surface area contributed by atoms with Crippen molar-refractivity contribution in [3.05, 3.63) is 77.6 Å². The highest BCUT2D eigenvalue weighted by molar-refractivity contribution is 5.95. The van der Waals surface area contributed by atoms with Crippen LogP contribution in [0, 0.1) is 0 Å². The van der Waals surface area contributed by atoms with Gasteiger partial charge >= 0.3 is 12.0 Å². The van der Waals surface area contributed by atoms with Crippen molar-refractivity contribution in [3.63, 3.8) is 0 Å². The first kappa shape index (κ1) is 23.1. The molecule has 1 aliphatic heterocycles. The van der Waals surface area contributed by atoms with Crippen LogP contribution in [-0.2, 0) is 9.53 Å². The average molecular weight is 461 g/mol. The summed E-state index contributed by atoms with van der Waals surface area (Å²) in [5, 5.41) is 10.4. The first-order chi connectivity index (χ1) is 16.4. The van der Waals surface area contributed by atoms with Crippen molar-refractivity contribution >= 4 is 12.0 Å². The van der Waals surface area contributed by atoms with Gasteiger partial charge in [-0.1, -0.05) is 18.2 Å². The van der Waals surface area contributed by atoms with E-state index in [2.05, 4.69) is 10.6 Å². The number of carbonyl (C=O) groups excluding carboxylic acids is 2. The van der Waals surface area contributed by atoms with Crippen LogP contribution in [0.5, 0.6) is 5.75 Å². The maximum absolute atomic E-state index is 12.9. The Hall–Kier alpha value is -4.07. The lowest BCUT2D eigenvalue weighted by molar-refractivity contribution is -0.139. The van der Waals surface area contributed by atoms with Gasteiger partial charge in [0.15, 0.2) is 0 Å². The summed E-state index contributed by atoms with van der Waals surface area (Å²) in [4.78, 5) is 25.3. The Labute approximate surface area is 198 Å². The second-order valence-electron chi connectivity index (χ2n) is 8.19. The van der Waals surface area contributed by atoms with Crippen molar-refractivity contribution in [2.75, 3.05) is 6.61 Å². The topological polar surface area (TPSA) is 94.5 Å². The van der Waals surface area contributed by atoms with E-state index in [1.165, 1.54) is 0 Å². The fourth-order valence-electron chi connectivity index (χ4n) is 3.91. The molecule has 1 aromatic heterocycles. The molecule has 2 aromatic carbocycles. The Morgan fingerprint density at radius 1 is 1.12 bits per heavy atom. The third kappa shape index (κ3) is 4.80. The minimum absolute atomic E-state index is 0.0592. The van der Waals surface area contributed by atoms with E-state index in [-0.39, 0.29) is 12.7 Å². The van der Waals surface area contributed by atoms with Crippen molar-refractivity contribution < 1.29 is 19.1 Å². The lowest BCUT2D eigenvalue weighted by Crippen LogP contribution is -2.45. The number of carbonyl (C=O) groups is 2. The molecule has 0 spiro atoms. The Bertz CT molecular complexity index is 1210. The molecular weight excluding hydrogens is 432 g/mol. The SMILES string of the molecule is CCOC(=O)C1=C(C)NC(=O)N[C@H]1c1cn(-c2ccccc2)nc1-c1ccc(OC(C)C)cc1. The van der Waals surface area contributed by atoms with Crippen LogP contribution in [-0.4, -0.2) is 34.5 Å². The molecule has 2 N–H and O–H groups in total.